The molecule has 2 aromatic heterocycles. The third-order valence-corrected chi connectivity index (χ3v) is 4.31. The fraction of sp³-hybridized carbons (Fsp3) is 0.167. The summed E-state index contributed by atoms with van der Waals surface area (Å²) in [5.74, 6) is -0.345. The normalized spacial score (nSPS) is 11.2. The van der Waals surface area contributed by atoms with Gasteiger partial charge >= 0.3 is 5.97 Å². The Hall–Kier alpha value is -3.15. The van der Waals surface area contributed by atoms with E-state index in [1.54, 1.807) is 6.07 Å². The number of carbonyl (C=O) groups is 1. The predicted octanol–water partition coefficient (Wildman–Crippen LogP) is 3.41. The Labute approximate surface area is 137 Å². The molecule has 0 radical (unpaired) electrons. The van der Waals surface area contributed by atoms with E-state index in [0.29, 0.717) is 5.56 Å². The molecular formula is C18H16N4O2. The number of aromatic amines is 2. The van der Waals surface area contributed by atoms with Crippen molar-refractivity contribution in [3.05, 3.63) is 58.8 Å². The van der Waals surface area contributed by atoms with Gasteiger partial charge in [0.05, 0.1) is 11.1 Å². The molecule has 0 spiro atoms. The lowest BCUT2D eigenvalue weighted by molar-refractivity contribution is 0.0475. The van der Waals surface area contributed by atoms with Crippen LogP contribution < -0.4 is 0 Å². The van der Waals surface area contributed by atoms with Crippen LogP contribution in [0.15, 0.2) is 36.4 Å². The van der Waals surface area contributed by atoms with Crippen LogP contribution in [-0.2, 0) is 11.3 Å². The molecule has 2 aromatic carbocycles. The number of para-hydroxylation sites is 1. The van der Waals surface area contributed by atoms with Crippen LogP contribution >= 0.6 is 0 Å². The van der Waals surface area contributed by atoms with Crippen LogP contribution in [0.25, 0.3) is 21.9 Å². The minimum absolute atomic E-state index is 0.191. The van der Waals surface area contributed by atoms with Crippen LogP contribution in [-0.4, -0.2) is 26.4 Å². The average Bonchev–Trinajstić information content (AvgIpc) is 3.17. The zero-order chi connectivity index (χ0) is 16.7. The van der Waals surface area contributed by atoms with E-state index in [2.05, 4.69) is 20.4 Å². The smallest absolute Gasteiger partial charge is 0.340 e. The number of hydrogen-bond acceptors (Lipinski definition) is 4. The summed E-state index contributed by atoms with van der Waals surface area (Å²) in [7, 11) is 0. The van der Waals surface area contributed by atoms with Crippen LogP contribution in [0.4, 0.5) is 0 Å². The molecule has 120 valence electrons. The zero-order valence-corrected chi connectivity index (χ0v) is 13.4. The lowest BCUT2D eigenvalue weighted by atomic mass is 10.1. The van der Waals surface area contributed by atoms with Crippen molar-refractivity contribution in [2.45, 2.75) is 20.5 Å². The molecule has 0 atom stereocenters. The minimum Gasteiger partial charge on any atom is -0.457 e. The predicted molar refractivity (Wildman–Crippen MR) is 90.8 cm³/mol. The number of carbonyl (C=O) groups excluding carboxylic acids is 1. The number of nitrogens with zero attached hydrogens (tertiary/aromatic N) is 2. The minimum atomic E-state index is -0.345. The van der Waals surface area contributed by atoms with Gasteiger partial charge in [-0.25, -0.2) is 4.79 Å². The third-order valence-electron chi connectivity index (χ3n) is 4.31. The standard InChI is InChI=1S/C18H16N4O2/c1-10-11(2)19-17-13(10)4-3-5-14(17)18(23)24-9-12-6-7-15-16(8-12)21-22-20-15/h3-8,19H,9H2,1-2H3,(H,20,21,22). The maximum Gasteiger partial charge on any atom is 0.340 e. The first-order chi connectivity index (χ1) is 11.6. The monoisotopic (exact) mass is 320 g/mol. The first-order valence-corrected chi connectivity index (χ1v) is 7.68. The van der Waals surface area contributed by atoms with E-state index in [4.69, 9.17) is 4.74 Å². The van der Waals surface area contributed by atoms with E-state index >= 15 is 0 Å². The quantitative estimate of drug-likeness (QED) is 0.567. The second-order valence-corrected chi connectivity index (χ2v) is 5.83. The van der Waals surface area contributed by atoms with Crippen LogP contribution in [0, 0.1) is 13.8 Å². The largest absolute Gasteiger partial charge is 0.457 e. The van der Waals surface area contributed by atoms with Crippen molar-refractivity contribution in [1.82, 2.24) is 20.4 Å². The summed E-state index contributed by atoms with van der Waals surface area (Å²) in [6.45, 7) is 4.23. The van der Waals surface area contributed by atoms with Crippen molar-refractivity contribution >= 4 is 27.9 Å². The molecule has 0 saturated heterocycles. The Balaban J connectivity index is 1.59. The van der Waals surface area contributed by atoms with E-state index in [1.165, 1.54) is 0 Å². The van der Waals surface area contributed by atoms with E-state index in [0.717, 1.165) is 38.8 Å². The molecule has 0 bridgehead atoms. The molecule has 0 aliphatic heterocycles. The molecule has 6 heteroatoms. The molecule has 4 aromatic rings. The summed E-state index contributed by atoms with van der Waals surface area (Å²) in [6.07, 6.45) is 0. The number of nitrogens with one attached hydrogen (secondary N) is 2. The lowest BCUT2D eigenvalue weighted by Crippen LogP contribution is -2.06. The molecule has 0 aliphatic rings. The first kappa shape index (κ1) is 14.4. The lowest BCUT2D eigenvalue weighted by Gasteiger charge is -2.06. The van der Waals surface area contributed by atoms with E-state index < -0.39 is 0 Å². The second-order valence-electron chi connectivity index (χ2n) is 5.83. The van der Waals surface area contributed by atoms with Crippen molar-refractivity contribution < 1.29 is 9.53 Å². The van der Waals surface area contributed by atoms with Crippen molar-refractivity contribution in [2.24, 2.45) is 0 Å². The van der Waals surface area contributed by atoms with Gasteiger partial charge in [-0.1, -0.05) is 18.2 Å². The number of aromatic nitrogens is 4. The van der Waals surface area contributed by atoms with Gasteiger partial charge in [-0.2, -0.15) is 15.4 Å². The molecule has 0 fully saturated rings. The Morgan fingerprint density at radius 2 is 1.96 bits per heavy atom. The number of hydrogen-bond donors (Lipinski definition) is 2. The van der Waals surface area contributed by atoms with Gasteiger partial charge in [0.25, 0.3) is 0 Å². The number of esters is 1. The molecule has 24 heavy (non-hydrogen) atoms. The summed E-state index contributed by atoms with van der Waals surface area (Å²) < 4.78 is 5.48. The Kier molecular flexibility index (Phi) is 3.30. The molecule has 0 saturated carbocycles. The van der Waals surface area contributed by atoms with Crippen LogP contribution in [0.2, 0.25) is 0 Å². The fourth-order valence-corrected chi connectivity index (χ4v) is 2.86. The molecule has 2 N–H and O–H groups in total. The zero-order valence-electron chi connectivity index (χ0n) is 13.4. The Morgan fingerprint density at radius 1 is 1.12 bits per heavy atom. The van der Waals surface area contributed by atoms with Gasteiger partial charge in [-0.3, -0.25) is 0 Å². The highest BCUT2D eigenvalue weighted by Gasteiger charge is 2.15. The van der Waals surface area contributed by atoms with Crippen molar-refractivity contribution in [3.63, 3.8) is 0 Å². The van der Waals surface area contributed by atoms with Gasteiger partial charge in [-0.15, -0.1) is 0 Å². The van der Waals surface area contributed by atoms with E-state index in [9.17, 15) is 4.79 Å². The molecular weight excluding hydrogens is 304 g/mol. The second kappa shape index (κ2) is 5.49. The average molecular weight is 320 g/mol. The summed E-state index contributed by atoms with van der Waals surface area (Å²) >= 11 is 0. The number of aryl methyl sites for hydroxylation is 2. The van der Waals surface area contributed by atoms with Gasteiger partial charge in [0.2, 0.25) is 0 Å². The van der Waals surface area contributed by atoms with Gasteiger partial charge in [0.15, 0.2) is 0 Å². The Morgan fingerprint density at radius 3 is 2.83 bits per heavy atom. The van der Waals surface area contributed by atoms with E-state index in [1.807, 2.05) is 44.2 Å². The highest BCUT2D eigenvalue weighted by atomic mass is 16.5. The van der Waals surface area contributed by atoms with Gasteiger partial charge in [0.1, 0.15) is 17.6 Å². The van der Waals surface area contributed by atoms with Gasteiger partial charge in [-0.05, 0) is 43.2 Å². The van der Waals surface area contributed by atoms with Crippen molar-refractivity contribution in [2.75, 3.05) is 0 Å². The molecule has 0 unspecified atom stereocenters. The molecule has 4 rings (SSSR count). The molecule has 0 aliphatic carbocycles. The number of benzene rings is 2. The summed E-state index contributed by atoms with van der Waals surface area (Å²) in [4.78, 5) is 15.8. The number of H-pyrrole nitrogens is 2. The third kappa shape index (κ3) is 2.32. The molecule has 2 heterocycles. The van der Waals surface area contributed by atoms with Crippen molar-refractivity contribution in [1.29, 1.82) is 0 Å². The highest BCUT2D eigenvalue weighted by molar-refractivity contribution is 6.04. The van der Waals surface area contributed by atoms with Gasteiger partial charge in [0, 0.05) is 11.1 Å². The number of rotatable bonds is 3. The molecule has 0 amide bonds. The number of fused-ring (bicyclic) bond motifs is 2. The Bertz CT molecular complexity index is 1060. The first-order valence-electron chi connectivity index (χ1n) is 7.68. The number of ether oxygens (including phenoxy) is 1. The SMILES string of the molecule is Cc1[nH]c2c(C(=O)OCc3ccc4n[nH]nc4c3)cccc2c1C. The van der Waals surface area contributed by atoms with Gasteiger partial charge < -0.3 is 9.72 Å². The van der Waals surface area contributed by atoms with Crippen LogP contribution in [0.1, 0.15) is 27.2 Å². The maximum absolute atomic E-state index is 12.5. The molecule has 6 nitrogen and oxygen atoms in total. The van der Waals surface area contributed by atoms with Crippen LogP contribution in [0.3, 0.4) is 0 Å². The summed E-state index contributed by atoms with van der Waals surface area (Å²) in [5.41, 5.74) is 5.98. The van der Waals surface area contributed by atoms with Crippen LogP contribution in [0.5, 0.6) is 0 Å². The maximum atomic E-state index is 12.5. The summed E-state index contributed by atoms with van der Waals surface area (Å²) in [6, 6.07) is 11.2. The topological polar surface area (TPSA) is 83.7 Å². The van der Waals surface area contributed by atoms with E-state index in [-0.39, 0.29) is 12.6 Å². The highest BCUT2D eigenvalue weighted by Crippen LogP contribution is 2.25. The van der Waals surface area contributed by atoms with Crippen molar-refractivity contribution in [3.8, 4) is 0 Å². The summed E-state index contributed by atoms with van der Waals surface area (Å²) in [5, 5.41) is 11.7. The fourth-order valence-electron chi connectivity index (χ4n) is 2.86.